The molecule has 1 atom stereocenters. The summed E-state index contributed by atoms with van der Waals surface area (Å²) in [6, 6.07) is 13.9. The van der Waals surface area contributed by atoms with Crippen LogP contribution in [-0.2, 0) is 4.79 Å². The van der Waals surface area contributed by atoms with Gasteiger partial charge in [0, 0.05) is 38.4 Å². The van der Waals surface area contributed by atoms with Gasteiger partial charge in [0.15, 0.2) is 0 Å². The maximum atomic E-state index is 12.5. The largest absolute Gasteiger partial charge is 0.491 e. The first-order valence-corrected chi connectivity index (χ1v) is 10.6. The van der Waals surface area contributed by atoms with Crippen molar-refractivity contribution in [1.29, 1.82) is 0 Å². The van der Waals surface area contributed by atoms with Crippen molar-refractivity contribution in [3.63, 3.8) is 0 Å². The summed E-state index contributed by atoms with van der Waals surface area (Å²) >= 11 is 0. The summed E-state index contributed by atoms with van der Waals surface area (Å²) in [6.45, 7) is 10.6. The average molecular weight is 412 g/mol. The number of hydrogen-bond donors (Lipinski definition) is 2. The quantitative estimate of drug-likeness (QED) is 0.699. The molecule has 30 heavy (non-hydrogen) atoms. The van der Waals surface area contributed by atoms with Crippen LogP contribution in [0.15, 0.2) is 42.5 Å². The van der Waals surface area contributed by atoms with E-state index < -0.39 is 6.10 Å². The number of piperazine rings is 1. The Bertz CT molecular complexity index is 827. The van der Waals surface area contributed by atoms with Crippen LogP contribution < -0.4 is 10.1 Å². The van der Waals surface area contributed by atoms with Crippen molar-refractivity contribution in [3.05, 3.63) is 59.2 Å². The maximum absolute atomic E-state index is 12.5. The molecule has 6 nitrogen and oxygen atoms in total. The number of anilines is 1. The van der Waals surface area contributed by atoms with Crippen molar-refractivity contribution in [2.45, 2.75) is 26.9 Å². The molecule has 0 radical (unpaired) electrons. The van der Waals surface area contributed by atoms with Crippen molar-refractivity contribution in [1.82, 2.24) is 9.80 Å². The Morgan fingerprint density at radius 1 is 1.03 bits per heavy atom. The Morgan fingerprint density at radius 3 is 2.33 bits per heavy atom. The van der Waals surface area contributed by atoms with E-state index in [1.807, 2.05) is 63.2 Å². The second-order valence-electron chi connectivity index (χ2n) is 8.17. The fraction of sp³-hybridized carbons (Fsp3) is 0.458. The summed E-state index contributed by atoms with van der Waals surface area (Å²) < 4.78 is 5.70. The van der Waals surface area contributed by atoms with Crippen LogP contribution in [-0.4, -0.2) is 72.8 Å². The lowest BCUT2D eigenvalue weighted by Crippen LogP contribution is -2.50. The van der Waals surface area contributed by atoms with Gasteiger partial charge < -0.3 is 15.2 Å². The first-order chi connectivity index (χ1) is 14.4. The standard InChI is InChI=1S/C24H33N3O3/c1-18-6-4-9-22(14-18)30-17-21(28)15-26-10-12-27(13-11-26)16-23(29)25-24-19(2)7-5-8-20(24)3/h4-9,14,21,28H,10-13,15-17H2,1-3H3,(H,25,29). The van der Waals surface area contributed by atoms with E-state index >= 15 is 0 Å². The third-order valence-corrected chi connectivity index (χ3v) is 5.48. The van der Waals surface area contributed by atoms with E-state index in [4.69, 9.17) is 4.74 Å². The summed E-state index contributed by atoms with van der Waals surface area (Å²) in [6.07, 6.45) is -0.538. The third kappa shape index (κ3) is 6.55. The lowest BCUT2D eigenvalue weighted by atomic mass is 10.1. The summed E-state index contributed by atoms with van der Waals surface area (Å²) in [7, 11) is 0. The highest BCUT2D eigenvalue weighted by Gasteiger charge is 2.21. The van der Waals surface area contributed by atoms with Gasteiger partial charge in [-0.05, 0) is 49.6 Å². The minimum atomic E-state index is -0.538. The zero-order chi connectivity index (χ0) is 21.5. The number of amides is 1. The molecule has 2 aromatic carbocycles. The number of benzene rings is 2. The average Bonchev–Trinajstić information content (AvgIpc) is 2.71. The molecule has 6 heteroatoms. The zero-order valence-corrected chi connectivity index (χ0v) is 18.2. The number of para-hydroxylation sites is 1. The highest BCUT2D eigenvalue weighted by atomic mass is 16.5. The van der Waals surface area contributed by atoms with E-state index in [1.165, 1.54) is 0 Å². The predicted molar refractivity (Wildman–Crippen MR) is 120 cm³/mol. The number of rotatable bonds is 8. The van der Waals surface area contributed by atoms with Gasteiger partial charge in [-0.3, -0.25) is 14.6 Å². The number of aliphatic hydroxyl groups is 1. The highest BCUT2D eigenvalue weighted by molar-refractivity contribution is 5.93. The summed E-state index contributed by atoms with van der Waals surface area (Å²) in [4.78, 5) is 16.9. The second-order valence-corrected chi connectivity index (χ2v) is 8.17. The molecule has 0 spiro atoms. The van der Waals surface area contributed by atoms with Crippen LogP contribution in [0.5, 0.6) is 5.75 Å². The molecule has 3 rings (SSSR count). The molecule has 1 amide bonds. The minimum absolute atomic E-state index is 0.0208. The van der Waals surface area contributed by atoms with Crippen LogP contribution in [0.3, 0.4) is 0 Å². The third-order valence-electron chi connectivity index (χ3n) is 5.48. The van der Waals surface area contributed by atoms with Crippen LogP contribution in [0, 0.1) is 20.8 Å². The molecule has 0 saturated carbocycles. The van der Waals surface area contributed by atoms with E-state index in [0.717, 1.165) is 54.3 Å². The number of β-amino-alcohol motifs (C(OH)–C–C–N with tert-alkyl or cyclic N) is 1. The molecule has 0 bridgehead atoms. The van der Waals surface area contributed by atoms with E-state index in [-0.39, 0.29) is 12.5 Å². The number of aliphatic hydroxyl groups excluding tert-OH is 1. The molecule has 2 N–H and O–H groups in total. The molecule has 0 aliphatic carbocycles. The molecule has 1 unspecified atom stereocenters. The smallest absolute Gasteiger partial charge is 0.238 e. The molecular formula is C24H33N3O3. The fourth-order valence-corrected chi connectivity index (χ4v) is 3.77. The van der Waals surface area contributed by atoms with E-state index in [9.17, 15) is 9.90 Å². The molecule has 1 heterocycles. The van der Waals surface area contributed by atoms with Gasteiger partial charge in [-0.2, -0.15) is 0 Å². The fourth-order valence-electron chi connectivity index (χ4n) is 3.77. The number of nitrogens with one attached hydrogen (secondary N) is 1. The first-order valence-electron chi connectivity index (χ1n) is 10.6. The summed E-state index contributed by atoms with van der Waals surface area (Å²) in [5, 5.41) is 13.4. The Morgan fingerprint density at radius 2 is 1.67 bits per heavy atom. The lowest BCUT2D eigenvalue weighted by molar-refractivity contribution is -0.117. The topological polar surface area (TPSA) is 65.0 Å². The highest BCUT2D eigenvalue weighted by Crippen LogP contribution is 2.19. The van der Waals surface area contributed by atoms with Crippen LogP contribution in [0.2, 0.25) is 0 Å². The zero-order valence-electron chi connectivity index (χ0n) is 18.2. The van der Waals surface area contributed by atoms with E-state index in [1.54, 1.807) is 0 Å². The minimum Gasteiger partial charge on any atom is -0.491 e. The van der Waals surface area contributed by atoms with Gasteiger partial charge >= 0.3 is 0 Å². The van der Waals surface area contributed by atoms with Gasteiger partial charge in [0.2, 0.25) is 5.91 Å². The number of ether oxygens (including phenoxy) is 1. The lowest BCUT2D eigenvalue weighted by Gasteiger charge is -2.35. The first kappa shape index (κ1) is 22.3. The molecular weight excluding hydrogens is 378 g/mol. The summed E-state index contributed by atoms with van der Waals surface area (Å²) in [5.41, 5.74) is 4.21. The Hall–Kier alpha value is -2.41. The number of nitrogens with zero attached hydrogens (tertiary/aromatic N) is 2. The van der Waals surface area contributed by atoms with E-state index in [2.05, 4.69) is 15.1 Å². The van der Waals surface area contributed by atoms with Gasteiger partial charge in [-0.25, -0.2) is 0 Å². The van der Waals surface area contributed by atoms with E-state index in [0.29, 0.717) is 13.1 Å². The number of carbonyl (C=O) groups excluding carboxylic acids is 1. The normalized spacial score (nSPS) is 16.3. The Labute approximate surface area is 179 Å². The van der Waals surface area contributed by atoms with Crippen LogP contribution >= 0.6 is 0 Å². The molecule has 1 aliphatic rings. The Balaban J connectivity index is 1.37. The monoisotopic (exact) mass is 411 g/mol. The predicted octanol–water partition coefficient (Wildman–Crippen LogP) is 2.61. The number of aryl methyl sites for hydroxylation is 3. The Kier molecular flexibility index (Phi) is 7.85. The second kappa shape index (κ2) is 10.6. The van der Waals surface area contributed by atoms with Gasteiger partial charge in [-0.15, -0.1) is 0 Å². The summed E-state index contributed by atoms with van der Waals surface area (Å²) in [5.74, 6) is 0.807. The van der Waals surface area contributed by atoms with Crippen molar-refractivity contribution < 1.29 is 14.6 Å². The molecule has 1 fully saturated rings. The molecule has 1 saturated heterocycles. The molecule has 0 aromatic heterocycles. The van der Waals surface area contributed by atoms with Crippen molar-refractivity contribution in [2.24, 2.45) is 0 Å². The van der Waals surface area contributed by atoms with Gasteiger partial charge in [0.05, 0.1) is 6.54 Å². The number of carbonyl (C=O) groups is 1. The van der Waals surface area contributed by atoms with Gasteiger partial charge in [-0.1, -0.05) is 30.3 Å². The van der Waals surface area contributed by atoms with Crippen molar-refractivity contribution in [3.8, 4) is 5.75 Å². The van der Waals surface area contributed by atoms with Crippen molar-refractivity contribution in [2.75, 3.05) is 51.2 Å². The SMILES string of the molecule is Cc1cccc(OCC(O)CN2CCN(CC(=O)Nc3c(C)cccc3C)CC2)c1. The van der Waals surface area contributed by atoms with Gasteiger partial charge in [0.25, 0.3) is 0 Å². The maximum Gasteiger partial charge on any atom is 0.238 e. The molecule has 162 valence electrons. The van der Waals surface area contributed by atoms with Crippen LogP contribution in [0.1, 0.15) is 16.7 Å². The molecule has 2 aromatic rings. The van der Waals surface area contributed by atoms with Crippen LogP contribution in [0.25, 0.3) is 0 Å². The van der Waals surface area contributed by atoms with Gasteiger partial charge in [0.1, 0.15) is 18.5 Å². The number of hydrogen-bond acceptors (Lipinski definition) is 5. The molecule has 1 aliphatic heterocycles. The van der Waals surface area contributed by atoms with Crippen molar-refractivity contribution >= 4 is 11.6 Å². The van der Waals surface area contributed by atoms with Crippen LogP contribution in [0.4, 0.5) is 5.69 Å².